The van der Waals surface area contributed by atoms with Crippen LogP contribution in [-0.2, 0) is 0 Å². The SMILES string of the molecule is CNCCCC1c2ccccc2C=Cc2ccc(Cl)cc21. The number of benzene rings is 2. The molecule has 108 valence electrons. The molecule has 1 unspecified atom stereocenters. The Bertz CT molecular complexity index is 660. The first-order valence-electron chi connectivity index (χ1n) is 7.50. The van der Waals surface area contributed by atoms with Gasteiger partial charge in [0.25, 0.3) is 0 Å². The first-order chi connectivity index (χ1) is 10.3. The van der Waals surface area contributed by atoms with Gasteiger partial charge in [0.2, 0.25) is 0 Å². The molecule has 2 heteroatoms. The second-order valence-electron chi connectivity index (χ2n) is 5.53. The van der Waals surface area contributed by atoms with Crippen LogP contribution in [0.15, 0.2) is 42.5 Å². The van der Waals surface area contributed by atoms with Crippen molar-refractivity contribution in [3.63, 3.8) is 0 Å². The minimum absolute atomic E-state index is 0.415. The summed E-state index contributed by atoms with van der Waals surface area (Å²) in [5, 5.41) is 4.06. The molecule has 0 saturated heterocycles. The molecule has 0 aromatic heterocycles. The Kier molecular flexibility index (Phi) is 4.42. The van der Waals surface area contributed by atoms with Gasteiger partial charge >= 0.3 is 0 Å². The summed E-state index contributed by atoms with van der Waals surface area (Å²) in [6.45, 7) is 1.04. The molecule has 0 heterocycles. The lowest BCUT2D eigenvalue weighted by molar-refractivity contribution is 0.628. The van der Waals surface area contributed by atoms with Crippen LogP contribution in [0.4, 0.5) is 0 Å². The molecule has 0 fully saturated rings. The molecule has 1 aliphatic carbocycles. The lowest BCUT2D eigenvalue weighted by Crippen LogP contribution is -2.11. The molecule has 0 amide bonds. The number of halogens is 1. The standard InChI is InChI=1S/C19H20ClN/c1-21-12-4-7-18-17-6-3-2-5-14(17)8-9-15-10-11-16(20)13-19(15)18/h2-3,5-6,8-11,13,18,21H,4,7,12H2,1H3. The Balaban J connectivity index is 2.07. The van der Waals surface area contributed by atoms with Gasteiger partial charge in [0.1, 0.15) is 0 Å². The monoisotopic (exact) mass is 297 g/mol. The van der Waals surface area contributed by atoms with Crippen LogP contribution in [-0.4, -0.2) is 13.6 Å². The highest BCUT2D eigenvalue weighted by molar-refractivity contribution is 6.30. The van der Waals surface area contributed by atoms with Crippen molar-refractivity contribution in [1.29, 1.82) is 0 Å². The first-order valence-corrected chi connectivity index (χ1v) is 7.88. The predicted molar refractivity (Wildman–Crippen MR) is 91.8 cm³/mol. The summed E-state index contributed by atoms with van der Waals surface area (Å²) in [6.07, 6.45) is 6.72. The van der Waals surface area contributed by atoms with Crippen molar-refractivity contribution in [1.82, 2.24) is 5.32 Å². The van der Waals surface area contributed by atoms with Gasteiger partial charge in [0.15, 0.2) is 0 Å². The number of fused-ring (bicyclic) bond motifs is 2. The fourth-order valence-electron chi connectivity index (χ4n) is 3.12. The largest absolute Gasteiger partial charge is 0.320 e. The van der Waals surface area contributed by atoms with Crippen molar-refractivity contribution in [2.45, 2.75) is 18.8 Å². The maximum atomic E-state index is 6.25. The van der Waals surface area contributed by atoms with Crippen molar-refractivity contribution >= 4 is 23.8 Å². The van der Waals surface area contributed by atoms with Crippen LogP contribution in [0.25, 0.3) is 12.2 Å². The summed E-state index contributed by atoms with van der Waals surface area (Å²) in [5.74, 6) is 0.415. The number of rotatable bonds is 4. The van der Waals surface area contributed by atoms with Gasteiger partial charge in [-0.15, -0.1) is 0 Å². The van der Waals surface area contributed by atoms with E-state index in [-0.39, 0.29) is 0 Å². The maximum Gasteiger partial charge on any atom is 0.0409 e. The summed E-state index contributed by atoms with van der Waals surface area (Å²) in [4.78, 5) is 0. The molecular weight excluding hydrogens is 278 g/mol. The molecule has 1 N–H and O–H groups in total. The molecule has 1 atom stereocenters. The minimum atomic E-state index is 0.415. The van der Waals surface area contributed by atoms with E-state index in [1.165, 1.54) is 22.3 Å². The summed E-state index contributed by atoms with van der Waals surface area (Å²) < 4.78 is 0. The Morgan fingerprint density at radius 2 is 1.76 bits per heavy atom. The average Bonchev–Trinajstić information content (AvgIpc) is 2.65. The molecule has 0 saturated carbocycles. The highest BCUT2D eigenvalue weighted by Crippen LogP contribution is 2.38. The second kappa shape index (κ2) is 6.46. The van der Waals surface area contributed by atoms with Crippen LogP contribution in [0, 0.1) is 0 Å². The topological polar surface area (TPSA) is 12.0 Å². The van der Waals surface area contributed by atoms with Crippen LogP contribution >= 0.6 is 11.6 Å². The summed E-state index contributed by atoms with van der Waals surface area (Å²) in [5.41, 5.74) is 5.36. The third-order valence-electron chi connectivity index (χ3n) is 4.16. The van der Waals surface area contributed by atoms with Gasteiger partial charge in [-0.1, -0.05) is 54.1 Å². The van der Waals surface area contributed by atoms with Gasteiger partial charge in [-0.05, 0) is 60.8 Å². The summed E-state index contributed by atoms with van der Waals surface area (Å²) in [6, 6.07) is 14.9. The Morgan fingerprint density at radius 3 is 2.57 bits per heavy atom. The van der Waals surface area contributed by atoms with Gasteiger partial charge in [0, 0.05) is 10.9 Å². The molecule has 2 aromatic rings. The van der Waals surface area contributed by atoms with Gasteiger partial charge in [-0.25, -0.2) is 0 Å². The van der Waals surface area contributed by atoms with E-state index in [4.69, 9.17) is 11.6 Å². The molecule has 0 radical (unpaired) electrons. The third kappa shape index (κ3) is 3.04. The zero-order valence-electron chi connectivity index (χ0n) is 12.3. The molecule has 0 bridgehead atoms. The van der Waals surface area contributed by atoms with Gasteiger partial charge < -0.3 is 5.32 Å². The molecule has 3 rings (SSSR count). The van der Waals surface area contributed by atoms with Gasteiger partial charge in [-0.3, -0.25) is 0 Å². The molecule has 0 aliphatic heterocycles. The van der Waals surface area contributed by atoms with Crippen LogP contribution in [0.1, 0.15) is 41.0 Å². The fourth-order valence-corrected chi connectivity index (χ4v) is 3.30. The van der Waals surface area contributed by atoms with Crippen molar-refractivity contribution < 1.29 is 0 Å². The van der Waals surface area contributed by atoms with Gasteiger partial charge in [-0.2, -0.15) is 0 Å². The summed E-state index contributed by atoms with van der Waals surface area (Å²) >= 11 is 6.25. The van der Waals surface area contributed by atoms with Crippen LogP contribution < -0.4 is 5.32 Å². The van der Waals surface area contributed by atoms with Crippen molar-refractivity contribution in [3.05, 3.63) is 69.7 Å². The van der Waals surface area contributed by atoms with E-state index in [1.807, 2.05) is 13.1 Å². The molecule has 21 heavy (non-hydrogen) atoms. The van der Waals surface area contributed by atoms with E-state index in [0.717, 1.165) is 24.4 Å². The van der Waals surface area contributed by atoms with Crippen LogP contribution in [0.5, 0.6) is 0 Å². The fraction of sp³-hybridized carbons (Fsp3) is 0.263. The van der Waals surface area contributed by atoms with E-state index in [9.17, 15) is 0 Å². The Labute approximate surface area is 131 Å². The minimum Gasteiger partial charge on any atom is -0.320 e. The summed E-state index contributed by atoms with van der Waals surface area (Å²) in [7, 11) is 2.01. The zero-order chi connectivity index (χ0) is 14.7. The van der Waals surface area contributed by atoms with Crippen LogP contribution in [0.3, 0.4) is 0 Å². The number of nitrogens with one attached hydrogen (secondary N) is 1. The lowest BCUT2D eigenvalue weighted by Gasteiger charge is -2.20. The molecule has 2 aromatic carbocycles. The van der Waals surface area contributed by atoms with Gasteiger partial charge in [0.05, 0.1) is 0 Å². The highest BCUT2D eigenvalue weighted by atomic mass is 35.5. The average molecular weight is 298 g/mol. The van der Waals surface area contributed by atoms with E-state index in [1.54, 1.807) is 0 Å². The molecule has 1 aliphatic rings. The molecular formula is C19H20ClN. The van der Waals surface area contributed by atoms with Crippen molar-refractivity contribution in [2.75, 3.05) is 13.6 Å². The van der Waals surface area contributed by atoms with Crippen LogP contribution in [0.2, 0.25) is 5.02 Å². The van der Waals surface area contributed by atoms with E-state index in [2.05, 4.69) is 53.9 Å². The smallest absolute Gasteiger partial charge is 0.0409 e. The molecule has 0 spiro atoms. The van der Waals surface area contributed by atoms with E-state index < -0.39 is 0 Å². The second-order valence-corrected chi connectivity index (χ2v) is 5.97. The van der Waals surface area contributed by atoms with E-state index in [0.29, 0.717) is 5.92 Å². The Hall–Kier alpha value is -1.57. The predicted octanol–water partition coefficient (Wildman–Crippen LogP) is 4.96. The maximum absolute atomic E-state index is 6.25. The zero-order valence-corrected chi connectivity index (χ0v) is 13.0. The third-order valence-corrected chi connectivity index (χ3v) is 4.39. The lowest BCUT2D eigenvalue weighted by atomic mass is 9.84. The normalized spacial score (nSPS) is 16.2. The molecule has 1 nitrogen and oxygen atoms in total. The highest BCUT2D eigenvalue weighted by Gasteiger charge is 2.21. The van der Waals surface area contributed by atoms with Crippen molar-refractivity contribution in [2.24, 2.45) is 0 Å². The quantitative estimate of drug-likeness (QED) is 0.787. The number of hydrogen-bond donors (Lipinski definition) is 1. The first kappa shape index (κ1) is 14.4. The van der Waals surface area contributed by atoms with Crippen molar-refractivity contribution in [3.8, 4) is 0 Å². The van der Waals surface area contributed by atoms with E-state index >= 15 is 0 Å². The Morgan fingerprint density at radius 1 is 1.00 bits per heavy atom. The number of hydrogen-bond acceptors (Lipinski definition) is 1.